The Kier molecular flexibility index (Phi) is 5.02. The highest BCUT2D eigenvalue weighted by atomic mass is 79.9. The Labute approximate surface area is 169 Å². The fraction of sp³-hybridized carbons (Fsp3) is 0.143. The summed E-state index contributed by atoms with van der Waals surface area (Å²) in [6.45, 7) is 2.25. The van der Waals surface area contributed by atoms with Crippen LogP contribution in [0.4, 0.5) is 5.69 Å². The Bertz CT molecular complexity index is 1170. The molecule has 0 radical (unpaired) electrons. The molecule has 4 aromatic rings. The molecule has 4 rings (SSSR count). The summed E-state index contributed by atoms with van der Waals surface area (Å²) >= 11 is 3.49. The van der Waals surface area contributed by atoms with Crippen molar-refractivity contribution in [1.29, 1.82) is 0 Å². The van der Waals surface area contributed by atoms with Gasteiger partial charge in [0.1, 0.15) is 11.4 Å². The Morgan fingerprint density at radius 1 is 1.21 bits per heavy atom. The van der Waals surface area contributed by atoms with E-state index in [1.165, 1.54) is 0 Å². The van der Waals surface area contributed by atoms with Crippen LogP contribution in [-0.2, 0) is 0 Å². The number of imidazole rings is 1. The van der Waals surface area contributed by atoms with Crippen LogP contribution in [0.3, 0.4) is 0 Å². The van der Waals surface area contributed by atoms with Gasteiger partial charge in [-0.25, -0.2) is 4.98 Å². The second kappa shape index (κ2) is 7.61. The van der Waals surface area contributed by atoms with Crippen molar-refractivity contribution in [3.63, 3.8) is 0 Å². The number of halogens is 1. The zero-order chi connectivity index (χ0) is 19.7. The summed E-state index contributed by atoms with van der Waals surface area (Å²) in [5.74, 6) is 0.484. The Balaban J connectivity index is 1.62. The molecule has 0 aliphatic heterocycles. The van der Waals surface area contributed by atoms with Crippen LogP contribution in [0.1, 0.15) is 17.2 Å². The molecule has 0 bridgehead atoms. The molecule has 2 aromatic carbocycles. The first-order valence-corrected chi connectivity index (χ1v) is 9.67. The standard InChI is InChI=1S/C21H19BrN4O2/c1-12-6-7-13(10-14(12)22)18(27)11-24-17-8-9-23-21(28)19(17)20-25-15-4-2-3-5-16(15)26-20/h2-10,18,27H,11H2,1H3,(H,25,26)(H2,23,24,28). The predicted octanol–water partition coefficient (Wildman–Crippen LogP) is 4.13. The first-order valence-electron chi connectivity index (χ1n) is 8.88. The van der Waals surface area contributed by atoms with Gasteiger partial charge in [0.25, 0.3) is 5.56 Å². The van der Waals surface area contributed by atoms with Gasteiger partial charge in [-0.05, 0) is 42.3 Å². The normalized spacial score (nSPS) is 12.2. The average Bonchev–Trinajstić information content (AvgIpc) is 3.11. The Morgan fingerprint density at radius 3 is 2.82 bits per heavy atom. The molecule has 6 nitrogen and oxygen atoms in total. The third-order valence-corrected chi connectivity index (χ3v) is 5.51. The quantitative estimate of drug-likeness (QED) is 0.376. The van der Waals surface area contributed by atoms with Crippen molar-refractivity contribution < 1.29 is 5.11 Å². The van der Waals surface area contributed by atoms with Gasteiger partial charge in [-0.15, -0.1) is 0 Å². The molecule has 2 heterocycles. The number of para-hydroxylation sites is 2. The van der Waals surface area contributed by atoms with Crippen molar-refractivity contribution in [1.82, 2.24) is 15.0 Å². The Hall–Kier alpha value is -2.90. The van der Waals surface area contributed by atoms with E-state index in [2.05, 4.69) is 36.2 Å². The van der Waals surface area contributed by atoms with Crippen molar-refractivity contribution in [2.24, 2.45) is 0 Å². The average molecular weight is 439 g/mol. The number of aryl methyl sites for hydroxylation is 1. The van der Waals surface area contributed by atoms with E-state index in [-0.39, 0.29) is 12.1 Å². The van der Waals surface area contributed by atoms with Crippen LogP contribution in [-0.4, -0.2) is 26.6 Å². The number of fused-ring (bicyclic) bond motifs is 1. The summed E-state index contributed by atoms with van der Waals surface area (Å²) in [5, 5.41) is 13.7. The number of rotatable bonds is 5. The summed E-state index contributed by atoms with van der Waals surface area (Å²) in [6.07, 6.45) is 0.853. The molecule has 1 atom stereocenters. The third-order valence-electron chi connectivity index (χ3n) is 4.65. The summed E-state index contributed by atoms with van der Waals surface area (Å²) in [4.78, 5) is 22.9. The largest absolute Gasteiger partial charge is 0.387 e. The number of aromatic amines is 2. The zero-order valence-corrected chi connectivity index (χ0v) is 16.7. The summed E-state index contributed by atoms with van der Waals surface area (Å²) in [5.41, 5.74) is 4.30. The summed E-state index contributed by atoms with van der Waals surface area (Å²) in [7, 11) is 0. The van der Waals surface area contributed by atoms with E-state index in [0.29, 0.717) is 17.1 Å². The minimum atomic E-state index is -0.722. The lowest BCUT2D eigenvalue weighted by Crippen LogP contribution is -2.17. The van der Waals surface area contributed by atoms with Crippen molar-refractivity contribution in [3.05, 3.63) is 80.7 Å². The number of aromatic nitrogens is 3. The molecular formula is C21H19BrN4O2. The molecule has 0 spiro atoms. The number of aliphatic hydroxyl groups excluding tert-OH is 1. The fourth-order valence-corrected chi connectivity index (χ4v) is 3.47. The van der Waals surface area contributed by atoms with E-state index in [9.17, 15) is 9.90 Å². The van der Waals surface area contributed by atoms with Crippen LogP contribution in [0.25, 0.3) is 22.4 Å². The number of hydrogen-bond acceptors (Lipinski definition) is 4. The van der Waals surface area contributed by atoms with Gasteiger partial charge in [-0.1, -0.05) is 40.2 Å². The van der Waals surface area contributed by atoms with E-state index >= 15 is 0 Å². The van der Waals surface area contributed by atoms with Gasteiger partial charge in [0.05, 0.1) is 22.8 Å². The van der Waals surface area contributed by atoms with Crippen molar-refractivity contribution in [3.8, 4) is 11.4 Å². The van der Waals surface area contributed by atoms with Crippen molar-refractivity contribution >= 4 is 32.7 Å². The molecule has 0 saturated carbocycles. The molecular weight excluding hydrogens is 420 g/mol. The minimum absolute atomic E-state index is 0.253. The van der Waals surface area contributed by atoms with Crippen LogP contribution in [0, 0.1) is 6.92 Å². The predicted molar refractivity (Wildman–Crippen MR) is 114 cm³/mol. The number of nitrogens with one attached hydrogen (secondary N) is 3. The van der Waals surface area contributed by atoms with E-state index in [4.69, 9.17) is 0 Å². The van der Waals surface area contributed by atoms with Crippen molar-refractivity contribution in [2.75, 3.05) is 11.9 Å². The second-order valence-corrected chi connectivity index (χ2v) is 7.46. The fourth-order valence-electron chi connectivity index (χ4n) is 3.07. The number of hydrogen-bond donors (Lipinski definition) is 4. The van der Waals surface area contributed by atoms with Gasteiger partial charge >= 0.3 is 0 Å². The molecule has 7 heteroatoms. The third kappa shape index (κ3) is 3.58. The molecule has 28 heavy (non-hydrogen) atoms. The smallest absolute Gasteiger partial charge is 0.261 e. The second-order valence-electron chi connectivity index (χ2n) is 6.60. The van der Waals surface area contributed by atoms with Crippen LogP contribution in [0.2, 0.25) is 0 Å². The molecule has 0 aliphatic carbocycles. The minimum Gasteiger partial charge on any atom is -0.387 e. The molecule has 0 amide bonds. The number of anilines is 1. The highest BCUT2D eigenvalue weighted by Crippen LogP contribution is 2.26. The number of H-pyrrole nitrogens is 2. The van der Waals surface area contributed by atoms with Gasteiger partial charge in [0, 0.05) is 17.2 Å². The molecule has 2 aromatic heterocycles. The lowest BCUT2D eigenvalue weighted by atomic mass is 10.1. The van der Waals surface area contributed by atoms with E-state index < -0.39 is 6.10 Å². The van der Waals surface area contributed by atoms with E-state index in [1.54, 1.807) is 12.3 Å². The first-order chi connectivity index (χ1) is 13.5. The summed E-state index contributed by atoms with van der Waals surface area (Å²) in [6, 6.07) is 15.1. The maximum absolute atomic E-state index is 12.5. The van der Waals surface area contributed by atoms with Crippen LogP contribution >= 0.6 is 15.9 Å². The van der Waals surface area contributed by atoms with Gasteiger partial charge < -0.3 is 20.4 Å². The van der Waals surface area contributed by atoms with Crippen molar-refractivity contribution in [2.45, 2.75) is 13.0 Å². The first kappa shape index (κ1) is 18.5. The number of pyridine rings is 1. The maximum Gasteiger partial charge on any atom is 0.261 e. The van der Waals surface area contributed by atoms with Gasteiger partial charge in [0.15, 0.2) is 0 Å². The molecule has 142 valence electrons. The number of nitrogens with zero attached hydrogens (tertiary/aromatic N) is 1. The highest BCUT2D eigenvalue weighted by Gasteiger charge is 2.16. The lowest BCUT2D eigenvalue weighted by Gasteiger charge is -2.15. The maximum atomic E-state index is 12.5. The van der Waals surface area contributed by atoms with Gasteiger partial charge in [-0.3, -0.25) is 4.79 Å². The van der Waals surface area contributed by atoms with Gasteiger partial charge in [0.2, 0.25) is 0 Å². The molecule has 0 aliphatic rings. The molecule has 0 fully saturated rings. The number of aliphatic hydroxyl groups is 1. The number of benzene rings is 2. The van der Waals surface area contributed by atoms with Crippen LogP contribution in [0.5, 0.6) is 0 Å². The van der Waals surface area contributed by atoms with E-state index in [1.807, 2.05) is 49.4 Å². The Morgan fingerprint density at radius 2 is 2.04 bits per heavy atom. The van der Waals surface area contributed by atoms with Crippen LogP contribution in [0.15, 0.2) is 64.0 Å². The topological polar surface area (TPSA) is 93.8 Å². The lowest BCUT2D eigenvalue weighted by molar-refractivity contribution is 0.191. The SMILES string of the molecule is Cc1ccc(C(O)CNc2cc[nH]c(=O)c2-c2nc3ccccc3[nH]2)cc1Br. The zero-order valence-electron chi connectivity index (χ0n) is 15.2. The summed E-state index contributed by atoms with van der Waals surface area (Å²) < 4.78 is 0.947. The molecule has 1 unspecified atom stereocenters. The van der Waals surface area contributed by atoms with Gasteiger partial charge in [-0.2, -0.15) is 0 Å². The van der Waals surface area contributed by atoms with E-state index in [0.717, 1.165) is 26.6 Å². The molecule has 0 saturated heterocycles. The monoisotopic (exact) mass is 438 g/mol. The molecule has 4 N–H and O–H groups in total. The highest BCUT2D eigenvalue weighted by molar-refractivity contribution is 9.10. The van der Waals surface area contributed by atoms with Crippen LogP contribution < -0.4 is 10.9 Å².